The van der Waals surface area contributed by atoms with Gasteiger partial charge in [-0.3, -0.25) is 4.79 Å². The zero-order chi connectivity index (χ0) is 14.1. The van der Waals surface area contributed by atoms with E-state index in [1.54, 1.807) is 19.2 Å². The van der Waals surface area contributed by atoms with E-state index in [4.69, 9.17) is 9.47 Å². The van der Waals surface area contributed by atoms with Gasteiger partial charge < -0.3 is 20.1 Å². The summed E-state index contributed by atoms with van der Waals surface area (Å²) < 4.78 is 10.5. The quantitative estimate of drug-likeness (QED) is 0.742. The van der Waals surface area contributed by atoms with E-state index in [1.807, 2.05) is 26.0 Å². The van der Waals surface area contributed by atoms with Crippen molar-refractivity contribution in [3.63, 3.8) is 0 Å². The molecule has 0 aliphatic heterocycles. The molecule has 5 heteroatoms. The predicted octanol–water partition coefficient (Wildman–Crippen LogP) is 1.19. The van der Waals surface area contributed by atoms with Crippen LogP contribution in [0.2, 0.25) is 0 Å². The Morgan fingerprint density at radius 3 is 2.79 bits per heavy atom. The smallest absolute Gasteiger partial charge is 0.257 e. The fourth-order valence-corrected chi connectivity index (χ4v) is 1.58. The van der Waals surface area contributed by atoms with Gasteiger partial charge in [0, 0.05) is 18.7 Å². The Balaban J connectivity index is 2.29. The molecule has 0 spiro atoms. The minimum absolute atomic E-state index is 0.00596. The molecule has 19 heavy (non-hydrogen) atoms. The number of methoxy groups -OCH3 is 1. The number of nitrogens with one attached hydrogen (secondary N) is 2. The molecule has 0 radical (unpaired) electrons. The molecule has 0 unspecified atom stereocenters. The topological polar surface area (TPSA) is 59.6 Å². The first-order valence-electron chi connectivity index (χ1n) is 6.42. The van der Waals surface area contributed by atoms with Crippen LogP contribution in [0.4, 0.5) is 0 Å². The summed E-state index contributed by atoms with van der Waals surface area (Å²) in [5, 5.41) is 6.03. The highest BCUT2D eigenvalue weighted by Gasteiger charge is 2.05. The maximum absolute atomic E-state index is 11.6. The molecule has 0 aliphatic rings. The van der Waals surface area contributed by atoms with Crippen LogP contribution in [0, 0.1) is 0 Å². The predicted molar refractivity (Wildman–Crippen MR) is 74.6 cm³/mol. The molecular formula is C14H22N2O3. The van der Waals surface area contributed by atoms with Crippen molar-refractivity contribution in [2.45, 2.75) is 19.9 Å². The lowest BCUT2D eigenvalue weighted by Gasteiger charge is -2.13. The van der Waals surface area contributed by atoms with Crippen LogP contribution < -0.4 is 20.1 Å². The van der Waals surface area contributed by atoms with Gasteiger partial charge >= 0.3 is 0 Å². The highest BCUT2D eigenvalue weighted by atomic mass is 16.5. The van der Waals surface area contributed by atoms with Crippen LogP contribution in [-0.4, -0.2) is 38.8 Å². The summed E-state index contributed by atoms with van der Waals surface area (Å²) in [6.45, 7) is 5.54. The summed E-state index contributed by atoms with van der Waals surface area (Å²) in [5.41, 5.74) is 0. The van der Waals surface area contributed by atoms with Crippen molar-refractivity contribution in [2.75, 3.05) is 26.8 Å². The maximum Gasteiger partial charge on any atom is 0.257 e. The zero-order valence-corrected chi connectivity index (χ0v) is 11.7. The number of carbonyl (C=O) groups excluding carboxylic acids is 1. The molecular weight excluding hydrogens is 244 g/mol. The Kier molecular flexibility index (Phi) is 6.74. The molecule has 0 saturated heterocycles. The van der Waals surface area contributed by atoms with Gasteiger partial charge in [-0.05, 0) is 25.6 Å². The molecule has 0 saturated carbocycles. The fourth-order valence-electron chi connectivity index (χ4n) is 1.58. The zero-order valence-electron chi connectivity index (χ0n) is 11.7. The number of rotatable bonds is 8. The van der Waals surface area contributed by atoms with Crippen molar-refractivity contribution in [2.24, 2.45) is 0 Å². The van der Waals surface area contributed by atoms with E-state index in [0.29, 0.717) is 18.0 Å². The number of ether oxygens (including phenoxy) is 2. The van der Waals surface area contributed by atoms with Gasteiger partial charge in [-0.2, -0.15) is 0 Å². The maximum atomic E-state index is 11.6. The Morgan fingerprint density at radius 1 is 1.37 bits per heavy atom. The lowest BCUT2D eigenvalue weighted by atomic mass is 10.3. The van der Waals surface area contributed by atoms with Gasteiger partial charge in [-0.15, -0.1) is 0 Å². The summed E-state index contributed by atoms with van der Waals surface area (Å²) in [5.74, 6) is 1.19. The fraction of sp³-hybridized carbons (Fsp3) is 0.500. The second-order valence-electron chi connectivity index (χ2n) is 4.23. The first kappa shape index (κ1) is 15.3. The summed E-state index contributed by atoms with van der Waals surface area (Å²) in [7, 11) is 1.59. The van der Waals surface area contributed by atoms with E-state index in [1.165, 1.54) is 0 Å². The Bertz CT molecular complexity index is 396. The van der Waals surface area contributed by atoms with E-state index in [9.17, 15) is 4.79 Å². The number of hydrogen-bond donors (Lipinski definition) is 2. The molecule has 0 aromatic heterocycles. The third-order valence-electron chi connectivity index (χ3n) is 2.57. The van der Waals surface area contributed by atoms with Gasteiger partial charge in [0.15, 0.2) is 6.61 Å². The standard InChI is InChI=1S/C14H22N2O3/c1-4-15-11(2)9-16-14(17)10-19-13-7-5-6-12(8-13)18-3/h5-8,11,15H,4,9-10H2,1-3H3,(H,16,17)/t11-/m1/s1. The van der Waals surface area contributed by atoms with Crippen molar-refractivity contribution in [3.8, 4) is 11.5 Å². The first-order chi connectivity index (χ1) is 9.15. The van der Waals surface area contributed by atoms with E-state index in [2.05, 4.69) is 10.6 Å². The second kappa shape index (κ2) is 8.37. The van der Waals surface area contributed by atoms with Crippen LogP contribution in [0.25, 0.3) is 0 Å². The third kappa shape index (κ3) is 6.10. The summed E-state index contributed by atoms with van der Waals surface area (Å²) in [6.07, 6.45) is 0. The number of likely N-dealkylation sites (N-methyl/N-ethyl adjacent to an activating group) is 1. The largest absolute Gasteiger partial charge is 0.497 e. The SMILES string of the molecule is CCN[C@H](C)CNC(=O)COc1cccc(OC)c1. The van der Waals surface area contributed by atoms with Crippen molar-refractivity contribution >= 4 is 5.91 Å². The van der Waals surface area contributed by atoms with Crippen LogP contribution in [-0.2, 0) is 4.79 Å². The molecule has 1 rings (SSSR count). The van der Waals surface area contributed by atoms with Gasteiger partial charge in [-0.1, -0.05) is 13.0 Å². The van der Waals surface area contributed by atoms with Crippen molar-refractivity contribution in [3.05, 3.63) is 24.3 Å². The first-order valence-corrected chi connectivity index (χ1v) is 6.42. The Hall–Kier alpha value is -1.75. The molecule has 106 valence electrons. The lowest BCUT2D eigenvalue weighted by molar-refractivity contribution is -0.123. The normalized spacial score (nSPS) is 11.7. The third-order valence-corrected chi connectivity index (χ3v) is 2.57. The Morgan fingerprint density at radius 2 is 2.11 bits per heavy atom. The summed E-state index contributed by atoms with van der Waals surface area (Å²) in [6, 6.07) is 7.43. The molecule has 0 bridgehead atoms. The van der Waals surface area contributed by atoms with Crippen LogP contribution in [0.3, 0.4) is 0 Å². The number of hydrogen-bond acceptors (Lipinski definition) is 4. The van der Waals surface area contributed by atoms with Gasteiger partial charge in [0.2, 0.25) is 0 Å². The van der Waals surface area contributed by atoms with Gasteiger partial charge in [0.1, 0.15) is 11.5 Å². The highest BCUT2D eigenvalue weighted by Crippen LogP contribution is 2.18. The number of amides is 1. The van der Waals surface area contributed by atoms with Gasteiger partial charge in [-0.25, -0.2) is 0 Å². The second-order valence-corrected chi connectivity index (χ2v) is 4.23. The van der Waals surface area contributed by atoms with Crippen molar-refractivity contribution in [1.29, 1.82) is 0 Å². The average Bonchev–Trinajstić information content (AvgIpc) is 2.43. The van der Waals surface area contributed by atoms with E-state index in [-0.39, 0.29) is 18.6 Å². The molecule has 5 nitrogen and oxygen atoms in total. The summed E-state index contributed by atoms with van der Waals surface area (Å²) in [4.78, 5) is 11.6. The average molecular weight is 266 g/mol. The lowest BCUT2D eigenvalue weighted by Crippen LogP contribution is -2.40. The minimum atomic E-state index is -0.132. The van der Waals surface area contributed by atoms with Crippen LogP contribution in [0.1, 0.15) is 13.8 Å². The molecule has 0 heterocycles. The molecule has 1 atom stereocenters. The molecule has 1 aromatic carbocycles. The molecule has 2 N–H and O–H groups in total. The minimum Gasteiger partial charge on any atom is -0.497 e. The molecule has 0 fully saturated rings. The van der Waals surface area contributed by atoms with E-state index in [0.717, 1.165) is 6.54 Å². The van der Waals surface area contributed by atoms with Crippen molar-refractivity contribution < 1.29 is 14.3 Å². The van der Waals surface area contributed by atoms with Crippen molar-refractivity contribution in [1.82, 2.24) is 10.6 Å². The number of carbonyl (C=O) groups is 1. The Labute approximate surface area is 114 Å². The number of benzene rings is 1. The van der Waals surface area contributed by atoms with Gasteiger partial charge in [0.25, 0.3) is 5.91 Å². The van der Waals surface area contributed by atoms with E-state index >= 15 is 0 Å². The van der Waals surface area contributed by atoms with Crippen LogP contribution in [0.5, 0.6) is 11.5 Å². The monoisotopic (exact) mass is 266 g/mol. The molecule has 1 aromatic rings. The van der Waals surface area contributed by atoms with Crippen LogP contribution in [0.15, 0.2) is 24.3 Å². The van der Waals surface area contributed by atoms with E-state index < -0.39 is 0 Å². The summed E-state index contributed by atoms with van der Waals surface area (Å²) >= 11 is 0. The van der Waals surface area contributed by atoms with Gasteiger partial charge in [0.05, 0.1) is 7.11 Å². The van der Waals surface area contributed by atoms with Crippen LogP contribution >= 0.6 is 0 Å². The molecule has 1 amide bonds. The molecule has 0 aliphatic carbocycles. The highest BCUT2D eigenvalue weighted by molar-refractivity contribution is 5.77.